The molecule has 0 atom stereocenters. The lowest BCUT2D eigenvalue weighted by molar-refractivity contribution is 0.101. The van der Waals surface area contributed by atoms with Gasteiger partial charge < -0.3 is 5.11 Å². The summed E-state index contributed by atoms with van der Waals surface area (Å²) >= 11 is 0. The summed E-state index contributed by atoms with van der Waals surface area (Å²) in [4.78, 5) is 11.1. The molecule has 0 unspecified atom stereocenters. The fourth-order valence-corrected chi connectivity index (χ4v) is 1.22. The van der Waals surface area contributed by atoms with Crippen molar-refractivity contribution in [1.29, 1.82) is 0 Å². The second-order valence-corrected chi connectivity index (χ2v) is 2.75. The van der Waals surface area contributed by atoms with E-state index in [1.165, 1.54) is 13.0 Å². The van der Waals surface area contributed by atoms with Crippen LogP contribution in [0.2, 0.25) is 0 Å². The van der Waals surface area contributed by atoms with Gasteiger partial charge in [-0.15, -0.1) is 0 Å². The first-order valence-electron chi connectivity index (χ1n) is 3.98. The standard InChI is InChI=1S/C10H12O2/c1-3-8-6-9(12)4-5-10(8)7(2)11/h4-6,12H,3H2,1-2H3. The zero-order valence-electron chi connectivity index (χ0n) is 7.29. The van der Waals surface area contributed by atoms with Gasteiger partial charge in [-0.2, -0.15) is 0 Å². The monoisotopic (exact) mass is 164 g/mol. The summed E-state index contributed by atoms with van der Waals surface area (Å²) in [6.45, 7) is 3.49. The van der Waals surface area contributed by atoms with Crippen molar-refractivity contribution in [2.24, 2.45) is 0 Å². The van der Waals surface area contributed by atoms with Crippen molar-refractivity contribution in [3.8, 4) is 5.75 Å². The fraction of sp³-hybridized carbons (Fsp3) is 0.300. The highest BCUT2D eigenvalue weighted by Gasteiger charge is 2.05. The van der Waals surface area contributed by atoms with Crippen LogP contribution in [0, 0.1) is 0 Å². The molecule has 2 heteroatoms. The van der Waals surface area contributed by atoms with Crippen LogP contribution in [-0.4, -0.2) is 10.9 Å². The van der Waals surface area contributed by atoms with Gasteiger partial charge in [-0.3, -0.25) is 4.79 Å². The molecule has 0 aromatic heterocycles. The molecule has 0 bridgehead atoms. The zero-order valence-corrected chi connectivity index (χ0v) is 7.29. The molecule has 0 aliphatic rings. The Labute approximate surface area is 71.8 Å². The number of aryl methyl sites for hydroxylation is 1. The van der Waals surface area contributed by atoms with Gasteiger partial charge in [0.15, 0.2) is 5.78 Å². The van der Waals surface area contributed by atoms with Crippen LogP contribution in [0.3, 0.4) is 0 Å². The molecular formula is C10H12O2. The average molecular weight is 164 g/mol. The Hall–Kier alpha value is -1.31. The molecule has 1 aromatic rings. The van der Waals surface area contributed by atoms with Gasteiger partial charge in [0.25, 0.3) is 0 Å². The van der Waals surface area contributed by atoms with Crippen LogP contribution in [0.1, 0.15) is 29.8 Å². The second-order valence-electron chi connectivity index (χ2n) is 2.75. The molecule has 2 nitrogen and oxygen atoms in total. The molecule has 0 saturated heterocycles. The van der Waals surface area contributed by atoms with Crippen LogP contribution in [0.15, 0.2) is 18.2 Å². The first kappa shape index (κ1) is 8.78. The topological polar surface area (TPSA) is 37.3 Å². The van der Waals surface area contributed by atoms with Crippen molar-refractivity contribution >= 4 is 5.78 Å². The minimum absolute atomic E-state index is 0.0480. The summed E-state index contributed by atoms with van der Waals surface area (Å²) in [7, 11) is 0. The van der Waals surface area contributed by atoms with E-state index in [9.17, 15) is 4.79 Å². The third-order valence-corrected chi connectivity index (χ3v) is 1.85. The third kappa shape index (κ3) is 1.64. The summed E-state index contributed by atoms with van der Waals surface area (Å²) in [5.74, 6) is 0.267. The number of benzene rings is 1. The Balaban J connectivity index is 3.20. The number of aromatic hydroxyl groups is 1. The summed E-state index contributed by atoms with van der Waals surface area (Å²) < 4.78 is 0. The average Bonchev–Trinajstić information content (AvgIpc) is 2.03. The molecule has 1 N–H and O–H groups in total. The zero-order chi connectivity index (χ0) is 9.14. The Morgan fingerprint density at radius 1 is 1.50 bits per heavy atom. The number of Topliss-reactive ketones (excluding diaryl/α,β-unsaturated/α-hetero) is 1. The van der Waals surface area contributed by atoms with Crippen molar-refractivity contribution in [1.82, 2.24) is 0 Å². The Bertz CT molecular complexity index is 303. The molecule has 1 rings (SSSR count). The number of hydrogen-bond acceptors (Lipinski definition) is 2. The predicted molar refractivity (Wildman–Crippen MR) is 47.5 cm³/mol. The molecule has 0 spiro atoms. The maximum Gasteiger partial charge on any atom is 0.160 e. The van der Waals surface area contributed by atoms with E-state index >= 15 is 0 Å². The first-order chi connectivity index (χ1) is 5.65. The van der Waals surface area contributed by atoms with Crippen LogP contribution in [-0.2, 0) is 6.42 Å². The normalized spacial score (nSPS) is 9.83. The maximum atomic E-state index is 11.1. The fourth-order valence-electron chi connectivity index (χ4n) is 1.22. The number of phenols is 1. The van der Waals surface area contributed by atoms with E-state index in [0.29, 0.717) is 5.56 Å². The summed E-state index contributed by atoms with van der Waals surface area (Å²) in [6.07, 6.45) is 0.767. The van der Waals surface area contributed by atoms with Crippen molar-refractivity contribution < 1.29 is 9.90 Å². The van der Waals surface area contributed by atoms with Crippen molar-refractivity contribution in [2.75, 3.05) is 0 Å². The second kappa shape index (κ2) is 3.39. The van der Waals surface area contributed by atoms with Crippen molar-refractivity contribution in [3.63, 3.8) is 0 Å². The summed E-state index contributed by atoms with van der Waals surface area (Å²) in [5, 5.41) is 9.14. The van der Waals surface area contributed by atoms with E-state index in [1.807, 2.05) is 6.92 Å². The maximum absolute atomic E-state index is 11.1. The lowest BCUT2D eigenvalue weighted by Crippen LogP contribution is -1.97. The Morgan fingerprint density at radius 3 is 2.67 bits per heavy atom. The molecule has 0 heterocycles. The smallest absolute Gasteiger partial charge is 0.160 e. The van der Waals surface area contributed by atoms with Gasteiger partial charge in [-0.05, 0) is 37.1 Å². The highest BCUT2D eigenvalue weighted by Crippen LogP contribution is 2.17. The van der Waals surface area contributed by atoms with E-state index < -0.39 is 0 Å². The van der Waals surface area contributed by atoms with Gasteiger partial charge >= 0.3 is 0 Å². The van der Waals surface area contributed by atoms with Crippen LogP contribution >= 0.6 is 0 Å². The largest absolute Gasteiger partial charge is 0.508 e. The number of carbonyl (C=O) groups is 1. The van der Waals surface area contributed by atoms with Crippen molar-refractivity contribution in [3.05, 3.63) is 29.3 Å². The van der Waals surface area contributed by atoms with E-state index in [-0.39, 0.29) is 11.5 Å². The highest BCUT2D eigenvalue weighted by molar-refractivity contribution is 5.95. The molecule has 0 radical (unpaired) electrons. The van der Waals surface area contributed by atoms with Gasteiger partial charge in [0.1, 0.15) is 5.75 Å². The molecular weight excluding hydrogens is 152 g/mol. The third-order valence-electron chi connectivity index (χ3n) is 1.85. The highest BCUT2D eigenvalue weighted by atomic mass is 16.3. The molecule has 0 amide bonds. The number of ketones is 1. The summed E-state index contributed by atoms with van der Waals surface area (Å²) in [6, 6.07) is 4.84. The predicted octanol–water partition coefficient (Wildman–Crippen LogP) is 2.16. The number of phenolic OH excluding ortho intramolecular Hbond substituents is 1. The lowest BCUT2D eigenvalue weighted by Gasteiger charge is -2.03. The van der Waals surface area contributed by atoms with Gasteiger partial charge in [0, 0.05) is 5.56 Å². The molecule has 0 aliphatic carbocycles. The van der Waals surface area contributed by atoms with E-state index in [4.69, 9.17) is 5.11 Å². The summed E-state index contributed by atoms with van der Waals surface area (Å²) in [5.41, 5.74) is 1.61. The van der Waals surface area contributed by atoms with E-state index in [2.05, 4.69) is 0 Å². The van der Waals surface area contributed by atoms with Crippen LogP contribution in [0.5, 0.6) is 5.75 Å². The SMILES string of the molecule is CCc1cc(O)ccc1C(C)=O. The van der Waals surface area contributed by atoms with E-state index in [1.54, 1.807) is 12.1 Å². The van der Waals surface area contributed by atoms with Crippen molar-refractivity contribution in [2.45, 2.75) is 20.3 Å². The molecule has 0 aliphatic heterocycles. The van der Waals surface area contributed by atoms with Crippen LogP contribution in [0.25, 0.3) is 0 Å². The molecule has 12 heavy (non-hydrogen) atoms. The molecule has 0 saturated carbocycles. The lowest BCUT2D eigenvalue weighted by atomic mass is 10.0. The Morgan fingerprint density at radius 2 is 2.17 bits per heavy atom. The Kier molecular flexibility index (Phi) is 2.48. The number of rotatable bonds is 2. The quantitative estimate of drug-likeness (QED) is 0.680. The van der Waals surface area contributed by atoms with E-state index in [0.717, 1.165) is 12.0 Å². The minimum Gasteiger partial charge on any atom is -0.508 e. The van der Waals surface area contributed by atoms with Crippen LogP contribution in [0.4, 0.5) is 0 Å². The van der Waals surface area contributed by atoms with Crippen LogP contribution < -0.4 is 0 Å². The first-order valence-corrected chi connectivity index (χ1v) is 3.98. The molecule has 1 aromatic carbocycles. The number of carbonyl (C=O) groups excluding carboxylic acids is 1. The minimum atomic E-state index is 0.0480. The van der Waals surface area contributed by atoms with Gasteiger partial charge in [-0.25, -0.2) is 0 Å². The van der Waals surface area contributed by atoms with Gasteiger partial charge in [0.05, 0.1) is 0 Å². The van der Waals surface area contributed by atoms with Gasteiger partial charge in [-0.1, -0.05) is 6.92 Å². The number of hydrogen-bond donors (Lipinski definition) is 1. The molecule has 64 valence electrons. The van der Waals surface area contributed by atoms with Gasteiger partial charge in [0.2, 0.25) is 0 Å². The molecule has 0 fully saturated rings.